The second-order valence-electron chi connectivity index (χ2n) is 8.33. The minimum Gasteiger partial charge on any atom is -0.490 e. The monoisotopic (exact) mass is 463 g/mol. The summed E-state index contributed by atoms with van der Waals surface area (Å²) in [4.78, 5) is 27.9. The lowest BCUT2D eigenvalue weighted by Crippen LogP contribution is -2.48. The second-order valence-corrected chi connectivity index (χ2v) is 8.33. The van der Waals surface area contributed by atoms with Crippen molar-refractivity contribution >= 4 is 17.3 Å². The number of nitro groups is 1. The van der Waals surface area contributed by atoms with Crippen LogP contribution in [0, 0.1) is 10.1 Å². The van der Waals surface area contributed by atoms with E-state index in [0.29, 0.717) is 62.1 Å². The Labute approximate surface area is 196 Å². The van der Waals surface area contributed by atoms with E-state index in [2.05, 4.69) is 10.00 Å². The Morgan fingerprint density at radius 3 is 2.41 bits per heavy atom. The molecule has 1 amide bonds. The predicted molar refractivity (Wildman–Crippen MR) is 125 cm³/mol. The van der Waals surface area contributed by atoms with Gasteiger partial charge in [-0.3, -0.25) is 19.6 Å². The molecule has 0 radical (unpaired) electrons. The maximum Gasteiger partial charge on any atom is 0.269 e. The zero-order chi connectivity index (χ0) is 23.7. The number of piperazine rings is 1. The Morgan fingerprint density at radius 1 is 1.00 bits per heavy atom. The molecule has 2 aliphatic heterocycles. The average molecular weight is 463 g/mol. The van der Waals surface area contributed by atoms with Crippen LogP contribution in [0.2, 0.25) is 0 Å². The first-order chi connectivity index (χ1) is 16.5. The van der Waals surface area contributed by atoms with E-state index in [0.717, 1.165) is 17.7 Å². The van der Waals surface area contributed by atoms with Gasteiger partial charge in [0.15, 0.2) is 11.5 Å². The quantitative estimate of drug-likeness (QED) is 0.433. The summed E-state index contributed by atoms with van der Waals surface area (Å²) < 4.78 is 13.2. The number of non-ortho nitro benzene ring substituents is 1. The first kappa shape index (κ1) is 21.7. The highest BCUT2D eigenvalue weighted by atomic mass is 16.6. The third-order valence-corrected chi connectivity index (χ3v) is 6.07. The van der Waals surface area contributed by atoms with Crippen molar-refractivity contribution in [3.05, 3.63) is 64.3 Å². The van der Waals surface area contributed by atoms with Crippen molar-refractivity contribution in [1.29, 1.82) is 0 Å². The molecule has 0 saturated carbocycles. The van der Waals surface area contributed by atoms with Crippen molar-refractivity contribution in [2.75, 3.05) is 44.3 Å². The van der Waals surface area contributed by atoms with Crippen LogP contribution in [0.1, 0.15) is 16.8 Å². The molecule has 2 aromatic carbocycles. The van der Waals surface area contributed by atoms with Gasteiger partial charge < -0.3 is 19.3 Å². The fourth-order valence-electron chi connectivity index (χ4n) is 4.29. The fourth-order valence-corrected chi connectivity index (χ4v) is 4.29. The normalized spacial score (nSPS) is 15.7. The summed E-state index contributed by atoms with van der Waals surface area (Å²) in [5, 5.41) is 15.4. The van der Waals surface area contributed by atoms with E-state index in [9.17, 15) is 14.9 Å². The number of carbonyl (C=O) groups excluding carboxylic acids is 1. The molecule has 3 aromatic rings. The van der Waals surface area contributed by atoms with E-state index in [4.69, 9.17) is 9.47 Å². The minimum atomic E-state index is -0.408. The molecule has 0 spiro atoms. The highest BCUT2D eigenvalue weighted by molar-refractivity contribution is 6.00. The van der Waals surface area contributed by atoms with Crippen LogP contribution in [-0.4, -0.2) is 64.9 Å². The van der Waals surface area contributed by atoms with Gasteiger partial charge in [-0.25, -0.2) is 0 Å². The number of ether oxygens (including phenoxy) is 2. The number of nitro benzene ring substituents is 1. The number of anilines is 1. The van der Waals surface area contributed by atoms with Gasteiger partial charge in [0.05, 0.1) is 23.7 Å². The number of hydrogen-bond acceptors (Lipinski definition) is 7. The zero-order valence-electron chi connectivity index (χ0n) is 18.8. The molecule has 1 saturated heterocycles. The lowest BCUT2D eigenvalue weighted by atomic mass is 10.1. The second kappa shape index (κ2) is 9.05. The van der Waals surface area contributed by atoms with Gasteiger partial charge in [-0.1, -0.05) is 0 Å². The van der Waals surface area contributed by atoms with Crippen LogP contribution in [0.5, 0.6) is 11.5 Å². The third-order valence-electron chi connectivity index (χ3n) is 6.07. The number of benzene rings is 2. The van der Waals surface area contributed by atoms with Crippen molar-refractivity contribution in [2.24, 2.45) is 7.05 Å². The molecule has 1 aromatic heterocycles. The summed E-state index contributed by atoms with van der Waals surface area (Å²) in [6.07, 6.45) is 2.58. The number of aromatic nitrogens is 2. The lowest BCUT2D eigenvalue weighted by molar-refractivity contribution is -0.384. The highest BCUT2D eigenvalue weighted by Crippen LogP contribution is 2.35. The summed E-state index contributed by atoms with van der Waals surface area (Å²) in [5.41, 5.74) is 2.93. The molecule has 176 valence electrons. The van der Waals surface area contributed by atoms with Crippen molar-refractivity contribution in [3.63, 3.8) is 0 Å². The van der Waals surface area contributed by atoms with Crippen molar-refractivity contribution in [2.45, 2.75) is 6.42 Å². The van der Waals surface area contributed by atoms with Crippen LogP contribution in [-0.2, 0) is 7.05 Å². The van der Waals surface area contributed by atoms with E-state index >= 15 is 0 Å². The van der Waals surface area contributed by atoms with Crippen LogP contribution in [0.25, 0.3) is 11.3 Å². The Morgan fingerprint density at radius 2 is 1.71 bits per heavy atom. The van der Waals surface area contributed by atoms with Gasteiger partial charge >= 0.3 is 0 Å². The first-order valence-electron chi connectivity index (χ1n) is 11.2. The van der Waals surface area contributed by atoms with Crippen LogP contribution < -0.4 is 14.4 Å². The average Bonchev–Trinajstić information content (AvgIpc) is 3.09. The lowest BCUT2D eigenvalue weighted by Gasteiger charge is -2.36. The van der Waals surface area contributed by atoms with Gasteiger partial charge in [0.25, 0.3) is 11.6 Å². The van der Waals surface area contributed by atoms with Gasteiger partial charge in [0.2, 0.25) is 0 Å². The molecule has 2 aliphatic rings. The predicted octanol–water partition coefficient (Wildman–Crippen LogP) is 3.12. The summed E-state index contributed by atoms with van der Waals surface area (Å²) in [6.45, 7) is 3.58. The molecule has 0 atom stereocenters. The number of amides is 1. The van der Waals surface area contributed by atoms with Crippen LogP contribution >= 0.6 is 0 Å². The first-order valence-corrected chi connectivity index (χ1v) is 11.2. The molecule has 34 heavy (non-hydrogen) atoms. The van der Waals surface area contributed by atoms with E-state index in [1.165, 1.54) is 12.1 Å². The SMILES string of the molecule is Cn1cc(C(=O)N2CCN(c3ccc([N+](=O)[O-])cc3)CC2)c(-c2ccc3c(c2)OCCCO3)n1. The molecule has 0 aliphatic carbocycles. The largest absolute Gasteiger partial charge is 0.490 e. The van der Waals surface area contributed by atoms with Crippen LogP contribution in [0.4, 0.5) is 11.4 Å². The number of rotatable bonds is 4. The van der Waals surface area contributed by atoms with Crippen LogP contribution in [0.15, 0.2) is 48.7 Å². The summed E-state index contributed by atoms with van der Waals surface area (Å²) in [6, 6.07) is 12.2. The number of nitrogens with zero attached hydrogens (tertiary/aromatic N) is 5. The molecular weight excluding hydrogens is 438 g/mol. The molecular formula is C24H25N5O5. The third kappa shape index (κ3) is 4.26. The Bertz CT molecular complexity index is 1210. The number of fused-ring (bicyclic) bond motifs is 1. The molecule has 0 bridgehead atoms. The topological polar surface area (TPSA) is 103 Å². The van der Waals surface area contributed by atoms with Crippen molar-refractivity contribution in [3.8, 4) is 22.8 Å². The van der Waals surface area contributed by atoms with Gasteiger partial charge in [-0.05, 0) is 30.3 Å². The molecule has 10 heteroatoms. The molecule has 3 heterocycles. The van der Waals surface area contributed by atoms with Crippen LogP contribution in [0.3, 0.4) is 0 Å². The van der Waals surface area contributed by atoms with Gasteiger partial charge in [0, 0.05) is 69.2 Å². The minimum absolute atomic E-state index is 0.0661. The highest BCUT2D eigenvalue weighted by Gasteiger charge is 2.27. The van der Waals surface area contributed by atoms with Crippen molar-refractivity contribution in [1.82, 2.24) is 14.7 Å². The fraction of sp³-hybridized carbons (Fsp3) is 0.333. The van der Waals surface area contributed by atoms with E-state index in [1.807, 2.05) is 23.1 Å². The van der Waals surface area contributed by atoms with Gasteiger partial charge in [-0.2, -0.15) is 5.10 Å². The van der Waals surface area contributed by atoms with E-state index < -0.39 is 4.92 Å². The standard InChI is InChI=1S/C24H25N5O5/c1-26-16-20(23(25-26)17-3-8-21-22(15-17)34-14-2-13-33-21)24(30)28-11-9-27(10-12-28)18-4-6-19(7-5-18)29(31)32/h3-8,15-16H,2,9-14H2,1H3. The van der Waals surface area contributed by atoms with E-state index in [-0.39, 0.29) is 11.6 Å². The maximum absolute atomic E-state index is 13.4. The molecule has 0 N–H and O–H groups in total. The number of hydrogen-bond donors (Lipinski definition) is 0. The number of carbonyl (C=O) groups is 1. The maximum atomic E-state index is 13.4. The number of aryl methyl sites for hydroxylation is 1. The van der Waals surface area contributed by atoms with Gasteiger partial charge in [-0.15, -0.1) is 0 Å². The molecule has 10 nitrogen and oxygen atoms in total. The zero-order valence-corrected chi connectivity index (χ0v) is 18.8. The summed E-state index contributed by atoms with van der Waals surface area (Å²) >= 11 is 0. The van der Waals surface area contributed by atoms with Gasteiger partial charge in [0.1, 0.15) is 5.69 Å². The Hall–Kier alpha value is -4.08. The van der Waals surface area contributed by atoms with E-state index in [1.54, 1.807) is 30.1 Å². The molecule has 1 fully saturated rings. The molecule has 0 unspecified atom stereocenters. The summed E-state index contributed by atoms with van der Waals surface area (Å²) in [5.74, 6) is 1.29. The smallest absolute Gasteiger partial charge is 0.269 e. The molecule has 5 rings (SSSR count). The Kier molecular flexibility index (Phi) is 5.79. The Balaban J connectivity index is 1.32. The van der Waals surface area contributed by atoms with Crippen molar-refractivity contribution < 1.29 is 19.2 Å². The summed E-state index contributed by atoms with van der Waals surface area (Å²) in [7, 11) is 1.80.